The highest BCUT2D eigenvalue weighted by Crippen LogP contribution is 2.14. The van der Waals surface area contributed by atoms with Gasteiger partial charge in [0.25, 0.3) is 5.91 Å². The Balaban J connectivity index is 1.27. The third kappa shape index (κ3) is 5.04. The minimum atomic E-state index is -0.312. The van der Waals surface area contributed by atoms with Crippen LogP contribution in [0.4, 0.5) is 4.39 Å². The first-order chi connectivity index (χ1) is 14.6. The molecular formula is C23H25FN4O2. The van der Waals surface area contributed by atoms with E-state index in [0.717, 1.165) is 19.6 Å². The van der Waals surface area contributed by atoms with E-state index in [4.69, 9.17) is 4.74 Å². The largest absolute Gasteiger partial charge is 0.471 e. The van der Waals surface area contributed by atoms with Crippen LogP contribution in [-0.2, 0) is 13.3 Å². The van der Waals surface area contributed by atoms with Gasteiger partial charge >= 0.3 is 0 Å². The zero-order valence-electron chi connectivity index (χ0n) is 17.0. The van der Waals surface area contributed by atoms with Crippen molar-refractivity contribution in [1.29, 1.82) is 0 Å². The minimum Gasteiger partial charge on any atom is -0.471 e. The van der Waals surface area contributed by atoms with Crippen LogP contribution in [0.5, 0.6) is 5.75 Å². The van der Waals surface area contributed by atoms with Crippen molar-refractivity contribution in [3.63, 3.8) is 0 Å². The van der Waals surface area contributed by atoms with Crippen LogP contribution in [0.15, 0.2) is 60.8 Å². The molecule has 0 radical (unpaired) electrons. The van der Waals surface area contributed by atoms with Gasteiger partial charge in [-0.2, -0.15) is 5.10 Å². The molecule has 2 heterocycles. The third-order valence-electron chi connectivity index (χ3n) is 5.19. The molecule has 7 heteroatoms. The predicted molar refractivity (Wildman–Crippen MR) is 112 cm³/mol. The fourth-order valence-electron chi connectivity index (χ4n) is 3.56. The van der Waals surface area contributed by atoms with Gasteiger partial charge in [0.15, 0.2) is 12.4 Å². The molecule has 1 aromatic heterocycles. The molecule has 1 saturated heterocycles. The van der Waals surface area contributed by atoms with Crippen LogP contribution in [-0.4, -0.2) is 51.7 Å². The van der Waals surface area contributed by atoms with Gasteiger partial charge in [-0.15, -0.1) is 0 Å². The molecule has 30 heavy (non-hydrogen) atoms. The lowest BCUT2D eigenvalue weighted by Crippen LogP contribution is -2.48. The number of hydrogen-bond acceptors (Lipinski definition) is 4. The van der Waals surface area contributed by atoms with Crippen molar-refractivity contribution < 1.29 is 13.9 Å². The SMILES string of the molecule is Cc1cccc(CN2CCN(C(=O)c3ccn(COc4ccc(F)cc4)n3)CC2)c1. The van der Waals surface area contributed by atoms with E-state index in [0.29, 0.717) is 24.5 Å². The average molecular weight is 408 g/mol. The number of halogens is 1. The van der Waals surface area contributed by atoms with Gasteiger partial charge < -0.3 is 9.64 Å². The summed E-state index contributed by atoms with van der Waals surface area (Å²) in [5, 5.41) is 4.33. The fraction of sp³-hybridized carbons (Fsp3) is 0.304. The Morgan fingerprint density at radius 1 is 1.07 bits per heavy atom. The lowest BCUT2D eigenvalue weighted by Gasteiger charge is -2.34. The molecule has 0 saturated carbocycles. The molecule has 1 aliphatic heterocycles. The van der Waals surface area contributed by atoms with E-state index < -0.39 is 0 Å². The molecule has 0 aliphatic carbocycles. The second-order valence-electron chi connectivity index (χ2n) is 7.53. The first kappa shape index (κ1) is 20.1. The van der Waals surface area contributed by atoms with E-state index in [2.05, 4.69) is 41.2 Å². The van der Waals surface area contributed by atoms with Crippen LogP contribution in [0.1, 0.15) is 21.6 Å². The molecule has 3 aromatic rings. The van der Waals surface area contributed by atoms with Crippen LogP contribution < -0.4 is 4.74 Å². The average Bonchev–Trinajstić information content (AvgIpc) is 3.22. The summed E-state index contributed by atoms with van der Waals surface area (Å²) in [5.41, 5.74) is 2.97. The second-order valence-corrected chi connectivity index (χ2v) is 7.53. The Labute approximate surface area is 175 Å². The van der Waals surface area contributed by atoms with Crippen LogP contribution in [0, 0.1) is 12.7 Å². The van der Waals surface area contributed by atoms with Gasteiger partial charge in [0.1, 0.15) is 11.6 Å². The summed E-state index contributed by atoms with van der Waals surface area (Å²) in [4.78, 5) is 17.0. The summed E-state index contributed by atoms with van der Waals surface area (Å²) in [6, 6.07) is 16.0. The monoisotopic (exact) mass is 408 g/mol. The van der Waals surface area contributed by atoms with E-state index in [9.17, 15) is 9.18 Å². The minimum absolute atomic E-state index is 0.0641. The van der Waals surface area contributed by atoms with Crippen molar-refractivity contribution in [1.82, 2.24) is 19.6 Å². The van der Waals surface area contributed by atoms with Crippen molar-refractivity contribution in [3.8, 4) is 5.75 Å². The second kappa shape index (κ2) is 9.09. The number of aromatic nitrogens is 2. The molecule has 2 aromatic carbocycles. The molecule has 0 unspecified atom stereocenters. The summed E-state index contributed by atoms with van der Waals surface area (Å²) in [6.07, 6.45) is 1.71. The number of rotatable bonds is 6. The zero-order chi connectivity index (χ0) is 20.9. The van der Waals surface area contributed by atoms with Crippen molar-refractivity contribution in [3.05, 3.63) is 83.4 Å². The van der Waals surface area contributed by atoms with E-state index in [-0.39, 0.29) is 18.5 Å². The maximum Gasteiger partial charge on any atom is 0.274 e. The van der Waals surface area contributed by atoms with Gasteiger partial charge in [-0.3, -0.25) is 9.69 Å². The Morgan fingerprint density at radius 3 is 2.57 bits per heavy atom. The van der Waals surface area contributed by atoms with E-state index >= 15 is 0 Å². The highest BCUT2D eigenvalue weighted by Gasteiger charge is 2.23. The lowest BCUT2D eigenvalue weighted by molar-refractivity contribution is 0.0621. The quantitative estimate of drug-likeness (QED) is 0.628. The highest BCUT2D eigenvalue weighted by atomic mass is 19.1. The summed E-state index contributed by atoms with van der Waals surface area (Å²) in [7, 11) is 0. The van der Waals surface area contributed by atoms with Crippen LogP contribution in [0.3, 0.4) is 0 Å². The van der Waals surface area contributed by atoms with Gasteiger partial charge in [-0.1, -0.05) is 29.8 Å². The Hall–Kier alpha value is -3.19. The third-order valence-corrected chi connectivity index (χ3v) is 5.19. The van der Waals surface area contributed by atoms with E-state index in [1.807, 2.05) is 4.90 Å². The van der Waals surface area contributed by atoms with E-state index in [1.165, 1.54) is 23.3 Å². The van der Waals surface area contributed by atoms with Crippen molar-refractivity contribution in [2.24, 2.45) is 0 Å². The van der Waals surface area contributed by atoms with Gasteiger partial charge in [0.05, 0.1) is 0 Å². The Bertz CT molecular complexity index is 994. The van der Waals surface area contributed by atoms with Crippen molar-refractivity contribution >= 4 is 5.91 Å². The van der Waals surface area contributed by atoms with Gasteiger partial charge in [0.2, 0.25) is 0 Å². The Kier molecular flexibility index (Phi) is 6.09. The first-order valence-electron chi connectivity index (χ1n) is 10.1. The summed E-state index contributed by atoms with van der Waals surface area (Å²) >= 11 is 0. The molecule has 6 nitrogen and oxygen atoms in total. The molecule has 1 amide bonds. The number of hydrogen-bond donors (Lipinski definition) is 0. The predicted octanol–water partition coefficient (Wildman–Crippen LogP) is 3.33. The number of carbonyl (C=O) groups excluding carboxylic acids is 1. The van der Waals surface area contributed by atoms with Crippen LogP contribution >= 0.6 is 0 Å². The van der Waals surface area contributed by atoms with Gasteiger partial charge in [-0.05, 0) is 42.8 Å². The van der Waals surface area contributed by atoms with Gasteiger partial charge in [-0.25, -0.2) is 9.07 Å². The van der Waals surface area contributed by atoms with Crippen LogP contribution in [0.2, 0.25) is 0 Å². The topological polar surface area (TPSA) is 50.6 Å². The van der Waals surface area contributed by atoms with Crippen LogP contribution in [0.25, 0.3) is 0 Å². The summed E-state index contributed by atoms with van der Waals surface area (Å²) in [5.74, 6) is 0.170. The number of carbonyl (C=O) groups is 1. The maximum atomic E-state index is 12.9. The lowest BCUT2D eigenvalue weighted by atomic mass is 10.1. The number of ether oxygens (including phenoxy) is 1. The molecule has 0 atom stereocenters. The van der Waals surface area contributed by atoms with Gasteiger partial charge in [0, 0.05) is 38.9 Å². The standard InChI is InChI=1S/C23H25FN4O2/c1-18-3-2-4-19(15-18)16-26-11-13-27(14-12-26)23(29)22-9-10-28(25-22)17-30-21-7-5-20(24)6-8-21/h2-10,15H,11-14,16-17H2,1H3. The molecule has 0 spiro atoms. The number of aryl methyl sites for hydroxylation is 1. The summed E-state index contributed by atoms with van der Waals surface area (Å²) in [6.45, 7) is 6.21. The molecule has 156 valence electrons. The number of nitrogens with zero attached hydrogens (tertiary/aromatic N) is 4. The molecule has 0 bridgehead atoms. The van der Waals surface area contributed by atoms with Crippen molar-refractivity contribution in [2.45, 2.75) is 20.2 Å². The highest BCUT2D eigenvalue weighted by molar-refractivity contribution is 5.92. The number of benzene rings is 2. The normalized spacial score (nSPS) is 14.7. The molecule has 4 rings (SSSR count). The number of piperazine rings is 1. The molecule has 0 N–H and O–H groups in total. The maximum absolute atomic E-state index is 12.9. The van der Waals surface area contributed by atoms with E-state index in [1.54, 1.807) is 29.1 Å². The Morgan fingerprint density at radius 2 is 1.83 bits per heavy atom. The number of amides is 1. The molecule has 1 aliphatic rings. The molecular weight excluding hydrogens is 383 g/mol. The molecule has 1 fully saturated rings. The zero-order valence-corrected chi connectivity index (χ0v) is 17.0. The smallest absolute Gasteiger partial charge is 0.274 e. The summed E-state index contributed by atoms with van der Waals surface area (Å²) < 4.78 is 20.1. The van der Waals surface area contributed by atoms with Crippen molar-refractivity contribution in [2.75, 3.05) is 26.2 Å². The first-order valence-corrected chi connectivity index (χ1v) is 10.1. The fourth-order valence-corrected chi connectivity index (χ4v) is 3.56.